The first-order chi connectivity index (χ1) is 6.74. The van der Waals surface area contributed by atoms with Crippen molar-refractivity contribution in [1.29, 1.82) is 0 Å². The zero-order valence-corrected chi connectivity index (χ0v) is 10.3. The van der Waals surface area contributed by atoms with E-state index in [1.807, 2.05) is 11.4 Å². The Hall–Kier alpha value is -0.0900. The molecule has 0 aliphatic carbocycles. The third-order valence-corrected chi connectivity index (χ3v) is 3.40. The maximum absolute atomic E-state index is 6.01. The summed E-state index contributed by atoms with van der Waals surface area (Å²) in [5, 5.41) is 6.23. The van der Waals surface area contributed by atoms with Gasteiger partial charge in [0.25, 0.3) is 0 Å². The zero-order chi connectivity index (χ0) is 10.4. The molecule has 0 bridgehead atoms. The molecule has 0 aliphatic heterocycles. The average molecular weight is 233 g/mol. The lowest BCUT2D eigenvalue weighted by atomic mass is 10.4. The summed E-state index contributed by atoms with van der Waals surface area (Å²) >= 11 is 7.74. The van der Waals surface area contributed by atoms with Crippen LogP contribution in [-0.2, 0) is 6.54 Å². The van der Waals surface area contributed by atoms with Crippen LogP contribution in [0, 0.1) is 0 Å². The van der Waals surface area contributed by atoms with Gasteiger partial charge in [-0.1, -0.05) is 18.5 Å². The Morgan fingerprint density at radius 1 is 1.57 bits per heavy atom. The SMILES string of the molecule is CCNCCN(C)Cc1sccc1Cl. The first-order valence-electron chi connectivity index (χ1n) is 4.85. The summed E-state index contributed by atoms with van der Waals surface area (Å²) in [6, 6.07) is 1.96. The molecule has 80 valence electrons. The lowest BCUT2D eigenvalue weighted by molar-refractivity contribution is 0.328. The van der Waals surface area contributed by atoms with Crippen LogP contribution in [0.1, 0.15) is 11.8 Å². The first kappa shape index (κ1) is 12.0. The van der Waals surface area contributed by atoms with Crippen molar-refractivity contribution >= 4 is 22.9 Å². The van der Waals surface area contributed by atoms with E-state index < -0.39 is 0 Å². The van der Waals surface area contributed by atoms with E-state index in [9.17, 15) is 0 Å². The van der Waals surface area contributed by atoms with Gasteiger partial charge in [-0.25, -0.2) is 0 Å². The molecule has 1 aromatic rings. The molecular formula is C10H17ClN2S. The second kappa shape index (κ2) is 6.40. The van der Waals surface area contributed by atoms with Gasteiger partial charge in [0.15, 0.2) is 0 Å². The fourth-order valence-corrected chi connectivity index (χ4v) is 2.38. The van der Waals surface area contributed by atoms with Crippen molar-refractivity contribution < 1.29 is 0 Å². The summed E-state index contributed by atoms with van der Waals surface area (Å²) in [5.41, 5.74) is 0. The van der Waals surface area contributed by atoms with E-state index in [-0.39, 0.29) is 0 Å². The van der Waals surface area contributed by atoms with E-state index in [1.54, 1.807) is 11.3 Å². The lowest BCUT2D eigenvalue weighted by Gasteiger charge is -2.15. The molecule has 0 fully saturated rings. The molecule has 4 heteroatoms. The highest BCUT2D eigenvalue weighted by Crippen LogP contribution is 2.22. The Morgan fingerprint density at radius 3 is 2.93 bits per heavy atom. The Labute approximate surface area is 94.9 Å². The third-order valence-electron chi connectivity index (χ3n) is 2.02. The second-order valence-electron chi connectivity index (χ2n) is 3.28. The van der Waals surface area contributed by atoms with E-state index in [0.717, 1.165) is 31.2 Å². The van der Waals surface area contributed by atoms with Crippen molar-refractivity contribution in [2.24, 2.45) is 0 Å². The minimum Gasteiger partial charge on any atom is -0.316 e. The van der Waals surface area contributed by atoms with Crippen molar-refractivity contribution in [3.63, 3.8) is 0 Å². The van der Waals surface area contributed by atoms with Crippen LogP contribution >= 0.6 is 22.9 Å². The summed E-state index contributed by atoms with van der Waals surface area (Å²) in [7, 11) is 2.12. The van der Waals surface area contributed by atoms with Gasteiger partial charge in [-0.05, 0) is 25.0 Å². The minimum absolute atomic E-state index is 0.894. The van der Waals surface area contributed by atoms with E-state index in [4.69, 9.17) is 11.6 Å². The van der Waals surface area contributed by atoms with Crippen LogP contribution in [-0.4, -0.2) is 31.6 Å². The first-order valence-corrected chi connectivity index (χ1v) is 6.11. The predicted octanol–water partition coefficient (Wildman–Crippen LogP) is 2.44. The summed E-state index contributed by atoms with van der Waals surface area (Å²) < 4.78 is 0. The fraction of sp³-hybridized carbons (Fsp3) is 0.600. The monoisotopic (exact) mass is 232 g/mol. The molecule has 0 unspecified atom stereocenters. The number of thiophene rings is 1. The topological polar surface area (TPSA) is 15.3 Å². The number of likely N-dealkylation sites (N-methyl/N-ethyl adjacent to an activating group) is 2. The van der Waals surface area contributed by atoms with Crippen LogP contribution < -0.4 is 5.32 Å². The average Bonchev–Trinajstić information content (AvgIpc) is 2.52. The van der Waals surface area contributed by atoms with Crippen LogP contribution in [0.4, 0.5) is 0 Å². The van der Waals surface area contributed by atoms with Gasteiger partial charge >= 0.3 is 0 Å². The van der Waals surface area contributed by atoms with Gasteiger partial charge in [0.1, 0.15) is 0 Å². The number of nitrogens with one attached hydrogen (secondary N) is 1. The number of nitrogens with zero attached hydrogens (tertiary/aromatic N) is 1. The molecule has 1 heterocycles. The molecule has 0 atom stereocenters. The van der Waals surface area contributed by atoms with Gasteiger partial charge in [0.05, 0.1) is 5.02 Å². The van der Waals surface area contributed by atoms with Gasteiger partial charge in [-0.3, -0.25) is 4.90 Å². The highest BCUT2D eigenvalue weighted by molar-refractivity contribution is 7.10. The molecule has 0 radical (unpaired) electrons. The molecule has 0 aliphatic rings. The van der Waals surface area contributed by atoms with Crippen LogP contribution in [0.25, 0.3) is 0 Å². The van der Waals surface area contributed by atoms with Crippen LogP contribution in [0.5, 0.6) is 0 Å². The Kier molecular flexibility index (Phi) is 5.48. The largest absolute Gasteiger partial charge is 0.316 e. The molecule has 0 aromatic carbocycles. The minimum atomic E-state index is 0.894. The van der Waals surface area contributed by atoms with Crippen molar-refractivity contribution in [2.45, 2.75) is 13.5 Å². The predicted molar refractivity (Wildman–Crippen MR) is 64.2 cm³/mol. The molecule has 1 rings (SSSR count). The smallest absolute Gasteiger partial charge is 0.0558 e. The van der Waals surface area contributed by atoms with Gasteiger partial charge in [-0.15, -0.1) is 11.3 Å². The fourth-order valence-electron chi connectivity index (χ4n) is 1.21. The van der Waals surface area contributed by atoms with Crippen molar-refractivity contribution in [3.8, 4) is 0 Å². The molecule has 1 aromatic heterocycles. The Morgan fingerprint density at radius 2 is 2.36 bits per heavy atom. The van der Waals surface area contributed by atoms with Gasteiger partial charge in [0.2, 0.25) is 0 Å². The molecule has 0 spiro atoms. The van der Waals surface area contributed by atoms with Crippen molar-refractivity contribution in [2.75, 3.05) is 26.7 Å². The van der Waals surface area contributed by atoms with Crippen LogP contribution in [0.15, 0.2) is 11.4 Å². The molecule has 1 N–H and O–H groups in total. The Balaban J connectivity index is 2.27. The van der Waals surface area contributed by atoms with E-state index in [2.05, 4.69) is 24.2 Å². The van der Waals surface area contributed by atoms with E-state index >= 15 is 0 Å². The van der Waals surface area contributed by atoms with Crippen LogP contribution in [0.3, 0.4) is 0 Å². The van der Waals surface area contributed by atoms with E-state index in [1.165, 1.54) is 4.88 Å². The summed E-state index contributed by atoms with van der Waals surface area (Å²) in [6.45, 7) is 6.20. The van der Waals surface area contributed by atoms with Crippen molar-refractivity contribution in [3.05, 3.63) is 21.3 Å². The highest BCUT2D eigenvalue weighted by atomic mass is 35.5. The molecule has 0 saturated heterocycles. The third kappa shape index (κ3) is 3.96. The summed E-state index contributed by atoms with van der Waals surface area (Å²) in [4.78, 5) is 3.53. The lowest BCUT2D eigenvalue weighted by Crippen LogP contribution is -2.28. The highest BCUT2D eigenvalue weighted by Gasteiger charge is 2.04. The summed E-state index contributed by atoms with van der Waals surface area (Å²) in [6.07, 6.45) is 0. The quantitative estimate of drug-likeness (QED) is 0.758. The summed E-state index contributed by atoms with van der Waals surface area (Å²) in [5.74, 6) is 0. The maximum atomic E-state index is 6.01. The van der Waals surface area contributed by atoms with Gasteiger partial charge in [-0.2, -0.15) is 0 Å². The molecule has 14 heavy (non-hydrogen) atoms. The number of rotatable bonds is 6. The molecule has 0 amide bonds. The second-order valence-corrected chi connectivity index (χ2v) is 4.69. The zero-order valence-electron chi connectivity index (χ0n) is 8.72. The number of hydrogen-bond donors (Lipinski definition) is 1. The molecule has 0 saturated carbocycles. The van der Waals surface area contributed by atoms with E-state index in [0.29, 0.717) is 0 Å². The van der Waals surface area contributed by atoms with Gasteiger partial charge in [0, 0.05) is 24.5 Å². The molecular weight excluding hydrogens is 216 g/mol. The number of halogens is 1. The van der Waals surface area contributed by atoms with Gasteiger partial charge < -0.3 is 5.32 Å². The normalized spacial score (nSPS) is 11.1. The van der Waals surface area contributed by atoms with Crippen LogP contribution in [0.2, 0.25) is 5.02 Å². The molecule has 2 nitrogen and oxygen atoms in total. The Bertz CT molecular complexity index is 262. The van der Waals surface area contributed by atoms with Crippen molar-refractivity contribution in [1.82, 2.24) is 10.2 Å². The standard InChI is InChI=1S/C10H17ClN2S/c1-3-12-5-6-13(2)8-10-9(11)4-7-14-10/h4,7,12H,3,5-6,8H2,1-2H3. The number of hydrogen-bond acceptors (Lipinski definition) is 3. The maximum Gasteiger partial charge on any atom is 0.0558 e.